The van der Waals surface area contributed by atoms with E-state index in [1.165, 1.54) is 11.1 Å². The molecular formula is C27H31BrClN3O. The average molecular weight is 529 g/mol. The van der Waals surface area contributed by atoms with Crippen LogP contribution in [0.2, 0.25) is 5.02 Å². The normalized spacial score (nSPS) is 22.0. The molecule has 0 radical (unpaired) electrons. The Balaban J connectivity index is 1.33. The molecule has 0 bridgehead atoms. The molecule has 2 aromatic rings. The second kappa shape index (κ2) is 9.89. The number of halogens is 2. The van der Waals surface area contributed by atoms with Crippen molar-refractivity contribution in [3.8, 4) is 0 Å². The maximum absolute atomic E-state index is 13.0. The number of carbonyl (C=O) groups is 1. The molecule has 1 amide bonds. The first-order chi connectivity index (χ1) is 16.0. The van der Waals surface area contributed by atoms with Gasteiger partial charge in [0.1, 0.15) is 0 Å². The van der Waals surface area contributed by atoms with Crippen LogP contribution in [-0.2, 0) is 4.79 Å². The molecule has 1 atom stereocenters. The van der Waals surface area contributed by atoms with E-state index in [0.29, 0.717) is 24.2 Å². The fourth-order valence-corrected chi connectivity index (χ4v) is 6.29. The van der Waals surface area contributed by atoms with E-state index in [0.717, 1.165) is 72.6 Å². The van der Waals surface area contributed by atoms with Gasteiger partial charge in [0.05, 0.1) is 5.69 Å². The van der Waals surface area contributed by atoms with Gasteiger partial charge in [-0.3, -0.25) is 9.78 Å². The van der Waals surface area contributed by atoms with Crippen LogP contribution in [-0.4, -0.2) is 53.9 Å². The van der Waals surface area contributed by atoms with Crippen molar-refractivity contribution in [2.75, 3.05) is 33.2 Å². The van der Waals surface area contributed by atoms with E-state index in [1.807, 2.05) is 12.3 Å². The van der Waals surface area contributed by atoms with Gasteiger partial charge in [-0.1, -0.05) is 29.8 Å². The number of pyridine rings is 1. The van der Waals surface area contributed by atoms with Crippen molar-refractivity contribution in [1.29, 1.82) is 0 Å². The lowest BCUT2D eigenvalue weighted by molar-refractivity contribution is -0.134. The minimum Gasteiger partial charge on any atom is -0.343 e. The lowest BCUT2D eigenvalue weighted by Crippen LogP contribution is -2.41. The Bertz CT molecular complexity index is 1000. The molecule has 1 aliphatic carbocycles. The Morgan fingerprint density at radius 2 is 1.79 bits per heavy atom. The van der Waals surface area contributed by atoms with E-state index >= 15 is 0 Å². The number of carbonyl (C=O) groups excluding carboxylic acids is 1. The van der Waals surface area contributed by atoms with Crippen LogP contribution < -0.4 is 0 Å². The van der Waals surface area contributed by atoms with Crippen LogP contribution in [0, 0.1) is 11.8 Å². The molecular weight excluding hydrogens is 498 g/mol. The van der Waals surface area contributed by atoms with Crippen molar-refractivity contribution in [2.45, 2.75) is 38.0 Å². The van der Waals surface area contributed by atoms with Crippen molar-refractivity contribution in [3.05, 3.63) is 62.3 Å². The summed E-state index contributed by atoms with van der Waals surface area (Å²) in [6.07, 6.45) is 11.2. The lowest BCUT2D eigenvalue weighted by Gasteiger charge is -2.37. The molecule has 6 heteroatoms. The molecule has 4 nitrogen and oxygen atoms in total. The molecule has 2 fully saturated rings. The van der Waals surface area contributed by atoms with Crippen LogP contribution in [0.5, 0.6) is 0 Å². The van der Waals surface area contributed by atoms with Gasteiger partial charge in [0.2, 0.25) is 5.91 Å². The summed E-state index contributed by atoms with van der Waals surface area (Å²) in [5, 5.41) is 0.756. The largest absolute Gasteiger partial charge is 0.343 e. The summed E-state index contributed by atoms with van der Waals surface area (Å²) < 4.78 is 0.989. The summed E-state index contributed by atoms with van der Waals surface area (Å²) in [5.74, 6) is 1.55. The van der Waals surface area contributed by atoms with E-state index in [1.54, 1.807) is 0 Å². The van der Waals surface area contributed by atoms with Gasteiger partial charge >= 0.3 is 0 Å². The van der Waals surface area contributed by atoms with Crippen LogP contribution in [0.1, 0.15) is 60.4 Å². The fourth-order valence-electron chi connectivity index (χ4n) is 5.76. The summed E-state index contributed by atoms with van der Waals surface area (Å²) in [5.41, 5.74) is 4.75. The molecule has 2 saturated heterocycles. The smallest absolute Gasteiger partial charge is 0.222 e. The third-order valence-corrected chi connectivity index (χ3v) is 8.37. The standard InChI is InChI=1S/C27H31BrClN3O/c1-31-10-6-18(7-11-31)14-25(33)32-12-8-19(9-13-32)26-24-5-4-23(29)16-20(24)2-3-21-15-22(28)17-30-27(21)26/h2-5,15-19,26H,6-14H2,1H3. The summed E-state index contributed by atoms with van der Waals surface area (Å²) in [6.45, 7) is 3.91. The molecule has 174 valence electrons. The number of benzene rings is 1. The molecule has 33 heavy (non-hydrogen) atoms. The van der Waals surface area contributed by atoms with E-state index in [-0.39, 0.29) is 5.92 Å². The number of piperidine rings is 2. The van der Waals surface area contributed by atoms with Gasteiger partial charge in [0, 0.05) is 41.1 Å². The van der Waals surface area contributed by atoms with Gasteiger partial charge in [-0.05, 0) is 108 Å². The Kier molecular flexibility index (Phi) is 6.91. The highest BCUT2D eigenvalue weighted by molar-refractivity contribution is 9.10. The number of fused-ring (bicyclic) bond motifs is 2. The molecule has 1 aromatic heterocycles. The zero-order valence-corrected chi connectivity index (χ0v) is 21.5. The van der Waals surface area contributed by atoms with Gasteiger partial charge in [-0.25, -0.2) is 0 Å². The van der Waals surface area contributed by atoms with Crippen LogP contribution in [0.3, 0.4) is 0 Å². The average Bonchev–Trinajstić information content (AvgIpc) is 2.97. The third-order valence-electron chi connectivity index (χ3n) is 7.70. The zero-order chi connectivity index (χ0) is 22.9. The predicted molar refractivity (Wildman–Crippen MR) is 138 cm³/mol. The van der Waals surface area contributed by atoms with Crippen molar-refractivity contribution in [2.24, 2.45) is 11.8 Å². The number of aromatic nitrogens is 1. The van der Waals surface area contributed by atoms with Gasteiger partial charge in [0.15, 0.2) is 0 Å². The number of nitrogens with zero attached hydrogens (tertiary/aromatic N) is 3. The number of hydrogen-bond donors (Lipinski definition) is 0. The summed E-state index contributed by atoms with van der Waals surface area (Å²) in [6, 6.07) is 8.37. The molecule has 0 N–H and O–H groups in total. The van der Waals surface area contributed by atoms with E-state index in [4.69, 9.17) is 16.6 Å². The molecule has 5 rings (SSSR count). The van der Waals surface area contributed by atoms with Gasteiger partial charge < -0.3 is 9.80 Å². The van der Waals surface area contributed by atoms with Crippen LogP contribution in [0.25, 0.3) is 12.2 Å². The molecule has 1 aromatic carbocycles. The Morgan fingerprint density at radius 1 is 1.06 bits per heavy atom. The van der Waals surface area contributed by atoms with Gasteiger partial charge in [-0.15, -0.1) is 0 Å². The Labute approximate surface area is 210 Å². The van der Waals surface area contributed by atoms with Crippen LogP contribution >= 0.6 is 27.5 Å². The first-order valence-electron chi connectivity index (χ1n) is 12.1. The number of amides is 1. The maximum Gasteiger partial charge on any atom is 0.222 e. The summed E-state index contributed by atoms with van der Waals surface area (Å²) >= 11 is 9.92. The Morgan fingerprint density at radius 3 is 2.55 bits per heavy atom. The lowest BCUT2D eigenvalue weighted by atomic mass is 9.76. The summed E-state index contributed by atoms with van der Waals surface area (Å²) in [7, 11) is 2.17. The first-order valence-corrected chi connectivity index (χ1v) is 13.2. The van der Waals surface area contributed by atoms with Crippen LogP contribution in [0.4, 0.5) is 0 Å². The third kappa shape index (κ3) is 5.06. The van der Waals surface area contributed by atoms with Gasteiger partial charge in [-0.2, -0.15) is 0 Å². The zero-order valence-electron chi connectivity index (χ0n) is 19.1. The molecule has 0 saturated carbocycles. The second-order valence-corrected chi connectivity index (χ2v) is 11.2. The second-order valence-electron chi connectivity index (χ2n) is 9.88. The molecule has 2 aliphatic heterocycles. The molecule has 3 aliphatic rings. The topological polar surface area (TPSA) is 36.4 Å². The predicted octanol–water partition coefficient (Wildman–Crippen LogP) is 6.08. The highest BCUT2D eigenvalue weighted by atomic mass is 79.9. The molecule has 1 unspecified atom stereocenters. The quantitative estimate of drug-likeness (QED) is 0.484. The highest BCUT2D eigenvalue weighted by Crippen LogP contribution is 2.43. The Hall–Kier alpha value is -1.69. The first kappa shape index (κ1) is 23.1. The van der Waals surface area contributed by atoms with Crippen molar-refractivity contribution in [1.82, 2.24) is 14.8 Å². The minimum atomic E-state index is 0.210. The minimum absolute atomic E-state index is 0.210. The van der Waals surface area contributed by atoms with Crippen molar-refractivity contribution >= 4 is 45.6 Å². The monoisotopic (exact) mass is 527 g/mol. The SMILES string of the molecule is CN1CCC(CC(=O)N2CCC(C3c4ccc(Cl)cc4C=Cc4cc(Br)cnc43)CC2)CC1. The summed E-state index contributed by atoms with van der Waals surface area (Å²) in [4.78, 5) is 22.4. The fraction of sp³-hybridized carbons (Fsp3) is 0.481. The van der Waals surface area contributed by atoms with Gasteiger partial charge in [0.25, 0.3) is 0 Å². The van der Waals surface area contributed by atoms with E-state index < -0.39 is 0 Å². The number of likely N-dealkylation sites (tertiary alicyclic amines) is 2. The van der Waals surface area contributed by atoms with E-state index in [2.05, 4.69) is 63.1 Å². The van der Waals surface area contributed by atoms with Crippen LogP contribution in [0.15, 0.2) is 34.9 Å². The number of rotatable bonds is 3. The number of hydrogen-bond acceptors (Lipinski definition) is 3. The molecule has 3 heterocycles. The maximum atomic E-state index is 13.0. The van der Waals surface area contributed by atoms with E-state index in [9.17, 15) is 4.79 Å². The molecule has 0 spiro atoms. The van der Waals surface area contributed by atoms with Crippen molar-refractivity contribution in [3.63, 3.8) is 0 Å². The van der Waals surface area contributed by atoms with Crippen molar-refractivity contribution < 1.29 is 4.79 Å². The highest BCUT2D eigenvalue weighted by Gasteiger charge is 2.34.